The van der Waals surface area contributed by atoms with Crippen LogP contribution in [0.2, 0.25) is 0 Å². The molecule has 0 amide bonds. The largest absolute Gasteiger partial charge is 0.481 e. The summed E-state index contributed by atoms with van der Waals surface area (Å²) in [6.07, 6.45) is 1.09. The Morgan fingerprint density at radius 2 is 2.00 bits per heavy atom. The smallest absolute Gasteiger partial charge is 0.310 e. The van der Waals surface area contributed by atoms with Gasteiger partial charge in [-0.05, 0) is 25.0 Å². The topological polar surface area (TPSA) is 106 Å². The van der Waals surface area contributed by atoms with Crippen LogP contribution in [0.1, 0.15) is 32.4 Å². The van der Waals surface area contributed by atoms with Crippen molar-refractivity contribution in [2.24, 2.45) is 5.41 Å². The average molecular weight is 346 g/mol. The van der Waals surface area contributed by atoms with Crippen molar-refractivity contribution in [3.05, 3.63) is 52.3 Å². The summed E-state index contributed by atoms with van der Waals surface area (Å²) in [5, 5.41) is 23.4. The quantitative estimate of drug-likeness (QED) is 0.528. The molecular formula is C18H22N2O5. The van der Waals surface area contributed by atoms with Crippen molar-refractivity contribution in [1.29, 1.82) is 0 Å². The average Bonchev–Trinajstić information content (AvgIpc) is 3.08. The number of nitrogens with one attached hydrogen (secondary N) is 1. The van der Waals surface area contributed by atoms with Gasteiger partial charge in [0.05, 0.1) is 16.9 Å². The summed E-state index contributed by atoms with van der Waals surface area (Å²) in [7, 11) is 0. The second-order valence-electron chi connectivity index (χ2n) is 5.97. The highest BCUT2D eigenvalue weighted by Crippen LogP contribution is 2.27. The molecule has 0 saturated heterocycles. The number of hydrogen-bond donors (Lipinski definition) is 2. The number of furan rings is 1. The second-order valence-corrected chi connectivity index (χ2v) is 5.97. The molecule has 0 fully saturated rings. The Balaban J connectivity index is 2.04. The van der Waals surface area contributed by atoms with Gasteiger partial charge in [0.2, 0.25) is 0 Å². The van der Waals surface area contributed by atoms with E-state index in [0.717, 1.165) is 0 Å². The number of carboxylic acids is 1. The molecule has 2 aromatic rings. The van der Waals surface area contributed by atoms with Crippen molar-refractivity contribution in [3.63, 3.8) is 0 Å². The Bertz CT molecular complexity index is 749. The Hall–Kier alpha value is -2.67. The number of nitrogens with zero attached hydrogens (tertiary/aromatic N) is 1. The highest BCUT2D eigenvalue weighted by atomic mass is 16.6. The lowest BCUT2D eigenvalue weighted by molar-refractivity contribution is -0.384. The molecule has 0 aliphatic heterocycles. The first-order valence-corrected chi connectivity index (χ1v) is 8.19. The van der Waals surface area contributed by atoms with E-state index in [9.17, 15) is 20.0 Å². The molecule has 7 heteroatoms. The molecule has 7 nitrogen and oxygen atoms in total. The first-order chi connectivity index (χ1) is 11.9. The van der Waals surface area contributed by atoms with Crippen molar-refractivity contribution in [2.75, 3.05) is 6.54 Å². The summed E-state index contributed by atoms with van der Waals surface area (Å²) in [6.45, 7) is 4.48. The SMILES string of the molecule is CCC(CC)(CNCc1ccc(-c2cccc([N+](=O)[O-])c2)o1)C(=O)O. The van der Waals surface area contributed by atoms with Gasteiger partial charge in [-0.2, -0.15) is 0 Å². The summed E-state index contributed by atoms with van der Waals surface area (Å²) in [5.41, 5.74) is -0.150. The third-order valence-corrected chi connectivity index (χ3v) is 4.57. The molecule has 0 atom stereocenters. The third kappa shape index (κ3) is 4.24. The maximum Gasteiger partial charge on any atom is 0.310 e. The van der Waals surface area contributed by atoms with Crippen LogP contribution >= 0.6 is 0 Å². The molecule has 0 saturated carbocycles. The van der Waals surface area contributed by atoms with Crippen LogP contribution in [0.25, 0.3) is 11.3 Å². The van der Waals surface area contributed by atoms with Gasteiger partial charge >= 0.3 is 5.97 Å². The fourth-order valence-corrected chi connectivity index (χ4v) is 2.70. The molecule has 2 N–H and O–H groups in total. The number of nitro benzene ring substituents is 1. The zero-order chi connectivity index (χ0) is 18.4. The van der Waals surface area contributed by atoms with Gasteiger partial charge in [0.1, 0.15) is 11.5 Å². The predicted molar refractivity (Wildman–Crippen MR) is 93.2 cm³/mol. The number of non-ortho nitro benzene ring substituents is 1. The molecule has 2 rings (SSSR count). The Kier molecular flexibility index (Phi) is 5.93. The summed E-state index contributed by atoms with van der Waals surface area (Å²) in [6, 6.07) is 9.77. The number of benzene rings is 1. The van der Waals surface area contributed by atoms with Gasteiger partial charge in [0, 0.05) is 24.2 Å². The maximum atomic E-state index is 11.5. The van der Waals surface area contributed by atoms with Crippen molar-refractivity contribution in [1.82, 2.24) is 5.32 Å². The summed E-state index contributed by atoms with van der Waals surface area (Å²) >= 11 is 0. The minimum absolute atomic E-state index is 0.00529. The van der Waals surface area contributed by atoms with Crippen LogP contribution in [0.15, 0.2) is 40.8 Å². The first-order valence-electron chi connectivity index (χ1n) is 8.19. The van der Waals surface area contributed by atoms with Gasteiger partial charge in [-0.1, -0.05) is 26.0 Å². The van der Waals surface area contributed by atoms with E-state index in [-0.39, 0.29) is 5.69 Å². The van der Waals surface area contributed by atoms with Crippen molar-refractivity contribution >= 4 is 11.7 Å². The van der Waals surface area contributed by atoms with Crippen LogP contribution in [0.3, 0.4) is 0 Å². The molecule has 0 radical (unpaired) electrons. The van der Waals surface area contributed by atoms with Crippen LogP contribution < -0.4 is 5.32 Å². The van der Waals surface area contributed by atoms with E-state index in [2.05, 4.69) is 5.32 Å². The summed E-state index contributed by atoms with van der Waals surface area (Å²) < 4.78 is 5.71. The maximum absolute atomic E-state index is 11.5. The van der Waals surface area contributed by atoms with Gasteiger partial charge in [-0.25, -0.2) is 0 Å². The van der Waals surface area contributed by atoms with Gasteiger partial charge in [0.15, 0.2) is 0 Å². The molecule has 0 spiro atoms. The molecule has 1 heterocycles. The number of hydrogen-bond acceptors (Lipinski definition) is 5. The lowest BCUT2D eigenvalue weighted by Gasteiger charge is -2.26. The van der Waals surface area contributed by atoms with Gasteiger partial charge in [-0.15, -0.1) is 0 Å². The van der Waals surface area contributed by atoms with E-state index in [1.54, 1.807) is 24.3 Å². The highest BCUT2D eigenvalue weighted by molar-refractivity contribution is 5.74. The van der Waals surface area contributed by atoms with E-state index in [1.165, 1.54) is 12.1 Å². The molecule has 134 valence electrons. The van der Waals surface area contributed by atoms with Crippen molar-refractivity contribution in [3.8, 4) is 11.3 Å². The molecule has 0 aliphatic rings. The second kappa shape index (κ2) is 7.94. The standard InChI is InChI=1S/C18H22N2O5/c1-3-18(4-2,17(21)22)12-19-11-15-8-9-16(25-15)13-6-5-7-14(10-13)20(23)24/h5-10,19H,3-4,11-12H2,1-2H3,(H,21,22). The zero-order valence-corrected chi connectivity index (χ0v) is 14.3. The van der Waals surface area contributed by atoms with E-state index in [1.807, 2.05) is 13.8 Å². The highest BCUT2D eigenvalue weighted by Gasteiger charge is 2.34. The van der Waals surface area contributed by atoms with E-state index in [0.29, 0.717) is 43.0 Å². The minimum Gasteiger partial charge on any atom is -0.481 e. The minimum atomic E-state index is -0.804. The molecular weight excluding hydrogens is 324 g/mol. The van der Waals surface area contributed by atoms with Gasteiger partial charge in [0.25, 0.3) is 5.69 Å². The van der Waals surface area contributed by atoms with E-state index >= 15 is 0 Å². The number of carbonyl (C=O) groups is 1. The van der Waals surface area contributed by atoms with E-state index in [4.69, 9.17) is 4.42 Å². The fourth-order valence-electron chi connectivity index (χ4n) is 2.70. The van der Waals surface area contributed by atoms with Crippen LogP contribution in [0, 0.1) is 15.5 Å². The Morgan fingerprint density at radius 1 is 1.28 bits per heavy atom. The van der Waals surface area contributed by atoms with Crippen LogP contribution in [0.5, 0.6) is 0 Å². The summed E-state index contributed by atoms with van der Waals surface area (Å²) in [5.74, 6) is 0.380. The normalized spacial score (nSPS) is 11.4. The molecule has 1 aromatic carbocycles. The number of aliphatic carboxylic acids is 1. The number of rotatable bonds is 9. The third-order valence-electron chi connectivity index (χ3n) is 4.57. The van der Waals surface area contributed by atoms with Crippen LogP contribution in [-0.2, 0) is 11.3 Å². The fraction of sp³-hybridized carbons (Fsp3) is 0.389. The van der Waals surface area contributed by atoms with Crippen LogP contribution in [-0.4, -0.2) is 22.5 Å². The Morgan fingerprint density at radius 3 is 2.60 bits per heavy atom. The first kappa shape index (κ1) is 18.7. The Labute approximate surface area is 145 Å². The molecule has 0 aliphatic carbocycles. The molecule has 1 aromatic heterocycles. The van der Waals surface area contributed by atoms with Crippen LogP contribution in [0.4, 0.5) is 5.69 Å². The molecule has 25 heavy (non-hydrogen) atoms. The molecule has 0 unspecified atom stereocenters. The predicted octanol–water partition coefficient (Wildman–Crippen LogP) is 3.84. The van der Waals surface area contributed by atoms with Gasteiger partial charge in [-0.3, -0.25) is 14.9 Å². The lowest BCUT2D eigenvalue weighted by atomic mass is 9.82. The lowest BCUT2D eigenvalue weighted by Crippen LogP contribution is -2.39. The van der Waals surface area contributed by atoms with E-state index < -0.39 is 16.3 Å². The summed E-state index contributed by atoms with van der Waals surface area (Å²) in [4.78, 5) is 21.9. The van der Waals surface area contributed by atoms with Crippen molar-refractivity contribution in [2.45, 2.75) is 33.2 Å². The molecule has 0 bridgehead atoms. The van der Waals surface area contributed by atoms with Crippen molar-refractivity contribution < 1.29 is 19.2 Å². The monoisotopic (exact) mass is 346 g/mol. The number of carboxylic acid groups (broad SMARTS) is 1. The number of nitro groups is 1. The zero-order valence-electron chi connectivity index (χ0n) is 14.3. The van der Waals surface area contributed by atoms with Gasteiger partial charge < -0.3 is 14.8 Å².